The number of likely N-dealkylation sites (tertiary alicyclic amines) is 1. The molecule has 3 nitrogen and oxygen atoms in total. The van der Waals surface area contributed by atoms with Gasteiger partial charge in [-0.2, -0.15) is 0 Å². The van der Waals surface area contributed by atoms with Gasteiger partial charge in [-0.05, 0) is 38.1 Å². The molecule has 0 bridgehead atoms. The van der Waals surface area contributed by atoms with Crippen molar-refractivity contribution in [2.75, 3.05) is 20.1 Å². The molecule has 0 aromatic carbocycles. The Morgan fingerprint density at radius 3 is 2.69 bits per heavy atom. The summed E-state index contributed by atoms with van der Waals surface area (Å²) in [7, 11) is 2.04. The Morgan fingerprint density at radius 1 is 1.38 bits per heavy atom. The van der Waals surface area contributed by atoms with Gasteiger partial charge in [0.05, 0.1) is 0 Å². The molecule has 16 heavy (non-hydrogen) atoms. The Labute approximate surface area is 98.6 Å². The Hall–Kier alpha value is -0.570. The molecule has 1 amide bonds. The summed E-state index contributed by atoms with van der Waals surface area (Å²) in [5.41, 5.74) is 0. The second kappa shape index (κ2) is 5.17. The summed E-state index contributed by atoms with van der Waals surface area (Å²) in [6.07, 6.45) is 5.64. The molecule has 0 spiro atoms. The van der Waals surface area contributed by atoms with E-state index in [0.29, 0.717) is 17.9 Å². The fourth-order valence-corrected chi connectivity index (χ4v) is 2.75. The molecule has 1 heterocycles. The van der Waals surface area contributed by atoms with Crippen molar-refractivity contribution in [2.45, 2.75) is 45.1 Å². The SMILES string of the molecule is CCC1CN(C(=O)CC2CC2)CCC1NC. The zero-order valence-electron chi connectivity index (χ0n) is 10.5. The first-order valence-corrected chi connectivity index (χ1v) is 6.69. The normalized spacial score (nSPS) is 30.5. The van der Waals surface area contributed by atoms with Gasteiger partial charge < -0.3 is 10.2 Å². The average Bonchev–Trinajstić information content (AvgIpc) is 3.11. The number of hydrogen-bond acceptors (Lipinski definition) is 2. The van der Waals surface area contributed by atoms with Crippen LogP contribution in [0.15, 0.2) is 0 Å². The van der Waals surface area contributed by atoms with E-state index < -0.39 is 0 Å². The summed E-state index contributed by atoms with van der Waals surface area (Å²) in [6, 6.07) is 0.606. The largest absolute Gasteiger partial charge is 0.342 e. The van der Waals surface area contributed by atoms with Crippen molar-refractivity contribution < 1.29 is 4.79 Å². The standard InChI is InChI=1S/C13H24N2O/c1-3-11-9-15(7-6-12(11)14-2)13(16)8-10-4-5-10/h10-12,14H,3-9H2,1-2H3. The Kier molecular flexibility index (Phi) is 3.85. The molecule has 2 rings (SSSR count). The fourth-order valence-electron chi connectivity index (χ4n) is 2.75. The van der Waals surface area contributed by atoms with Crippen LogP contribution in [0.25, 0.3) is 0 Å². The van der Waals surface area contributed by atoms with Gasteiger partial charge in [0.15, 0.2) is 0 Å². The van der Waals surface area contributed by atoms with E-state index in [2.05, 4.69) is 17.1 Å². The highest BCUT2D eigenvalue weighted by Crippen LogP contribution is 2.33. The smallest absolute Gasteiger partial charge is 0.222 e. The molecule has 2 fully saturated rings. The highest BCUT2D eigenvalue weighted by molar-refractivity contribution is 5.76. The summed E-state index contributed by atoms with van der Waals surface area (Å²) >= 11 is 0. The van der Waals surface area contributed by atoms with E-state index >= 15 is 0 Å². The van der Waals surface area contributed by atoms with Gasteiger partial charge in [-0.1, -0.05) is 13.3 Å². The average molecular weight is 224 g/mol. The van der Waals surface area contributed by atoms with Crippen LogP contribution in [0.1, 0.15) is 39.0 Å². The van der Waals surface area contributed by atoms with Gasteiger partial charge >= 0.3 is 0 Å². The third kappa shape index (κ3) is 2.76. The highest BCUT2D eigenvalue weighted by atomic mass is 16.2. The number of nitrogens with zero attached hydrogens (tertiary/aromatic N) is 1. The molecule has 1 saturated carbocycles. The molecule has 1 aliphatic heterocycles. The third-order valence-electron chi connectivity index (χ3n) is 4.14. The summed E-state index contributed by atoms with van der Waals surface area (Å²) in [6.45, 7) is 4.14. The van der Waals surface area contributed by atoms with Gasteiger partial charge in [-0.15, -0.1) is 0 Å². The molecular formula is C13H24N2O. The first kappa shape index (κ1) is 11.9. The van der Waals surface area contributed by atoms with E-state index in [9.17, 15) is 4.79 Å². The van der Waals surface area contributed by atoms with Crippen molar-refractivity contribution in [1.29, 1.82) is 0 Å². The molecular weight excluding hydrogens is 200 g/mol. The highest BCUT2D eigenvalue weighted by Gasteiger charge is 2.32. The third-order valence-corrected chi connectivity index (χ3v) is 4.14. The number of rotatable bonds is 4. The zero-order valence-corrected chi connectivity index (χ0v) is 10.5. The van der Waals surface area contributed by atoms with Crippen LogP contribution in [0.2, 0.25) is 0 Å². The number of carbonyl (C=O) groups excluding carboxylic acids is 1. The molecule has 1 aliphatic carbocycles. The van der Waals surface area contributed by atoms with Crippen LogP contribution in [0, 0.1) is 11.8 Å². The fraction of sp³-hybridized carbons (Fsp3) is 0.923. The van der Waals surface area contributed by atoms with Crippen molar-refractivity contribution >= 4 is 5.91 Å². The predicted octanol–water partition coefficient (Wildman–Crippen LogP) is 1.63. The summed E-state index contributed by atoms with van der Waals surface area (Å²) in [5.74, 6) is 1.76. The van der Waals surface area contributed by atoms with Gasteiger partial charge in [0.2, 0.25) is 5.91 Å². The second-order valence-corrected chi connectivity index (χ2v) is 5.34. The van der Waals surface area contributed by atoms with E-state index in [1.807, 2.05) is 7.05 Å². The minimum absolute atomic E-state index is 0.399. The summed E-state index contributed by atoms with van der Waals surface area (Å²) in [4.78, 5) is 14.1. The quantitative estimate of drug-likeness (QED) is 0.787. The van der Waals surface area contributed by atoms with E-state index in [1.165, 1.54) is 19.3 Å². The van der Waals surface area contributed by atoms with Crippen molar-refractivity contribution in [3.63, 3.8) is 0 Å². The number of carbonyl (C=O) groups is 1. The molecule has 0 aromatic rings. The number of nitrogens with one attached hydrogen (secondary N) is 1. The van der Waals surface area contributed by atoms with Crippen LogP contribution < -0.4 is 5.32 Å². The zero-order chi connectivity index (χ0) is 11.5. The van der Waals surface area contributed by atoms with E-state index in [4.69, 9.17) is 0 Å². The van der Waals surface area contributed by atoms with E-state index in [1.54, 1.807) is 0 Å². The Balaban J connectivity index is 1.84. The van der Waals surface area contributed by atoms with Crippen LogP contribution in [-0.4, -0.2) is 37.0 Å². The Morgan fingerprint density at radius 2 is 2.12 bits per heavy atom. The van der Waals surface area contributed by atoms with Crippen LogP contribution in [0.4, 0.5) is 0 Å². The molecule has 0 aromatic heterocycles. The molecule has 92 valence electrons. The van der Waals surface area contributed by atoms with Gasteiger partial charge in [-0.3, -0.25) is 4.79 Å². The first-order chi connectivity index (χ1) is 7.74. The molecule has 1 N–H and O–H groups in total. The van der Waals surface area contributed by atoms with Crippen LogP contribution in [0.3, 0.4) is 0 Å². The maximum absolute atomic E-state index is 12.0. The maximum atomic E-state index is 12.0. The van der Waals surface area contributed by atoms with Crippen molar-refractivity contribution in [3.05, 3.63) is 0 Å². The minimum atomic E-state index is 0.399. The van der Waals surface area contributed by atoms with Crippen LogP contribution in [0.5, 0.6) is 0 Å². The lowest BCUT2D eigenvalue weighted by molar-refractivity contribution is -0.133. The van der Waals surface area contributed by atoms with E-state index in [0.717, 1.165) is 31.8 Å². The van der Waals surface area contributed by atoms with E-state index in [-0.39, 0.29) is 0 Å². The topological polar surface area (TPSA) is 32.3 Å². The molecule has 3 heteroatoms. The lowest BCUT2D eigenvalue weighted by Crippen LogP contribution is -2.50. The summed E-state index contributed by atoms with van der Waals surface area (Å²) in [5, 5.41) is 3.38. The van der Waals surface area contributed by atoms with Crippen LogP contribution in [-0.2, 0) is 4.79 Å². The molecule has 0 radical (unpaired) electrons. The maximum Gasteiger partial charge on any atom is 0.222 e. The number of piperidine rings is 1. The predicted molar refractivity (Wildman–Crippen MR) is 65.2 cm³/mol. The molecule has 2 atom stereocenters. The Bertz CT molecular complexity index is 250. The van der Waals surface area contributed by atoms with Crippen molar-refractivity contribution in [3.8, 4) is 0 Å². The van der Waals surface area contributed by atoms with Gasteiger partial charge in [0.25, 0.3) is 0 Å². The lowest BCUT2D eigenvalue weighted by Gasteiger charge is -2.38. The first-order valence-electron chi connectivity index (χ1n) is 6.69. The lowest BCUT2D eigenvalue weighted by atomic mass is 9.90. The van der Waals surface area contributed by atoms with Gasteiger partial charge in [0, 0.05) is 25.6 Å². The second-order valence-electron chi connectivity index (χ2n) is 5.34. The summed E-state index contributed by atoms with van der Waals surface area (Å²) < 4.78 is 0. The monoisotopic (exact) mass is 224 g/mol. The molecule has 2 unspecified atom stereocenters. The van der Waals surface area contributed by atoms with Crippen LogP contribution >= 0.6 is 0 Å². The van der Waals surface area contributed by atoms with Crippen molar-refractivity contribution in [2.24, 2.45) is 11.8 Å². The number of hydrogen-bond donors (Lipinski definition) is 1. The molecule has 2 aliphatic rings. The van der Waals surface area contributed by atoms with Gasteiger partial charge in [0.1, 0.15) is 0 Å². The molecule has 1 saturated heterocycles. The number of amides is 1. The minimum Gasteiger partial charge on any atom is -0.342 e. The van der Waals surface area contributed by atoms with Gasteiger partial charge in [-0.25, -0.2) is 0 Å². The van der Waals surface area contributed by atoms with Crippen molar-refractivity contribution in [1.82, 2.24) is 10.2 Å².